The third kappa shape index (κ3) is 3.56. The highest BCUT2D eigenvalue weighted by Gasteiger charge is 2.35. The maximum Gasteiger partial charge on any atom is 0.274 e. The minimum absolute atomic E-state index is 0.154. The van der Waals surface area contributed by atoms with Gasteiger partial charge in [0.15, 0.2) is 0 Å². The molecule has 1 saturated heterocycles. The maximum absolute atomic E-state index is 12.5. The molecule has 1 atom stereocenters. The molecular weight excluding hydrogens is 330 g/mol. The Bertz CT molecular complexity index is 727. The number of carbonyl (C=O) groups is 2. The molecule has 2 amide bonds. The molecule has 1 aromatic heterocycles. The standard InChI is InChI=1S/C16H17N3O2S2/c1-10-3-5-12(6-4-10)17-15(20)14-8-22-9-19(14)16(21)13-7-11(2)23-18-13/h3-7,14H,8-9H2,1-2H3,(H,17,20). The van der Waals surface area contributed by atoms with E-state index in [0.717, 1.165) is 16.1 Å². The van der Waals surface area contributed by atoms with E-state index in [2.05, 4.69) is 9.69 Å². The zero-order valence-electron chi connectivity index (χ0n) is 12.9. The number of aromatic nitrogens is 1. The number of nitrogens with one attached hydrogen (secondary N) is 1. The second kappa shape index (κ2) is 6.72. The number of hydrogen-bond acceptors (Lipinski definition) is 5. The molecule has 5 nitrogen and oxygen atoms in total. The van der Waals surface area contributed by atoms with E-state index in [4.69, 9.17) is 0 Å². The number of nitrogens with zero attached hydrogens (tertiary/aromatic N) is 2. The van der Waals surface area contributed by atoms with Gasteiger partial charge in [-0.2, -0.15) is 4.37 Å². The number of amides is 2. The molecule has 1 aliphatic heterocycles. The number of rotatable bonds is 3. The Morgan fingerprint density at radius 3 is 2.65 bits per heavy atom. The van der Waals surface area contributed by atoms with Gasteiger partial charge in [0.25, 0.3) is 5.91 Å². The quantitative estimate of drug-likeness (QED) is 0.927. The monoisotopic (exact) mass is 347 g/mol. The predicted molar refractivity (Wildman–Crippen MR) is 93.9 cm³/mol. The summed E-state index contributed by atoms with van der Waals surface area (Å²) in [6.07, 6.45) is 0. The molecular formula is C16H17N3O2S2. The van der Waals surface area contributed by atoms with E-state index >= 15 is 0 Å². The van der Waals surface area contributed by atoms with Crippen LogP contribution in [0.3, 0.4) is 0 Å². The molecule has 0 radical (unpaired) electrons. The lowest BCUT2D eigenvalue weighted by atomic mass is 10.2. The molecule has 2 aromatic rings. The minimum Gasteiger partial charge on any atom is -0.324 e. The van der Waals surface area contributed by atoms with Crippen LogP contribution in [-0.2, 0) is 4.79 Å². The van der Waals surface area contributed by atoms with Gasteiger partial charge in [-0.15, -0.1) is 11.8 Å². The van der Waals surface area contributed by atoms with Crippen LogP contribution < -0.4 is 5.32 Å². The van der Waals surface area contributed by atoms with E-state index in [1.165, 1.54) is 11.5 Å². The van der Waals surface area contributed by atoms with E-state index in [1.54, 1.807) is 22.7 Å². The highest BCUT2D eigenvalue weighted by atomic mass is 32.2. The van der Waals surface area contributed by atoms with Crippen molar-refractivity contribution >= 4 is 40.8 Å². The van der Waals surface area contributed by atoms with E-state index < -0.39 is 6.04 Å². The van der Waals surface area contributed by atoms with E-state index in [1.807, 2.05) is 38.1 Å². The molecule has 3 rings (SSSR count). The van der Waals surface area contributed by atoms with Crippen LogP contribution in [0.15, 0.2) is 30.3 Å². The van der Waals surface area contributed by atoms with Crippen molar-refractivity contribution in [3.8, 4) is 0 Å². The number of hydrogen-bond donors (Lipinski definition) is 1. The normalized spacial score (nSPS) is 17.3. The molecule has 0 spiro atoms. The Hall–Kier alpha value is -1.86. The molecule has 2 heterocycles. The Kier molecular flexibility index (Phi) is 4.68. The minimum atomic E-state index is -0.462. The van der Waals surface area contributed by atoms with Crippen LogP contribution in [-0.4, -0.2) is 38.8 Å². The van der Waals surface area contributed by atoms with E-state index in [9.17, 15) is 9.59 Å². The fraction of sp³-hybridized carbons (Fsp3) is 0.312. The molecule has 0 aliphatic carbocycles. The van der Waals surface area contributed by atoms with Gasteiger partial charge in [0.1, 0.15) is 11.7 Å². The van der Waals surface area contributed by atoms with Crippen molar-refractivity contribution in [2.75, 3.05) is 16.9 Å². The van der Waals surface area contributed by atoms with Crippen LogP contribution in [0.4, 0.5) is 5.69 Å². The number of aryl methyl sites for hydroxylation is 2. The van der Waals surface area contributed by atoms with Crippen LogP contribution in [0, 0.1) is 13.8 Å². The topological polar surface area (TPSA) is 62.3 Å². The van der Waals surface area contributed by atoms with Crippen molar-refractivity contribution < 1.29 is 9.59 Å². The first kappa shape index (κ1) is 16.0. The summed E-state index contributed by atoms with van der Waals surface area (Å²) in [4.78, 5) is 27.7. The summed E-state index contributed by atoms with van der Waals surface area (Å²) in [5.41, 5.74) is 2.30. The summed E-state index contributed by atoms with van der Waals surface area (Å²) in [5, 5.41) is 2.89. The van der Waals surface area contributed by atoms with Crippen molar-refractivity contribution in [3.05, 3.63) is 46.5 Å². The SMILES string of the molecule is Cc1ccc(NC(=O)C2CSCN2C(=O)c2cc(C)sn2)cc1. The fourth-order valence-electron chi connectivity index (χ4n) is 2.34. The second-order valence-corrected chi connectivity index (χ2v) is 7.48. The third-order valence-electron chi connectivity index (χ3n) is 3.61. The first-order valence-electron chi connectivity index (χ1n) is 7.24. The van der Waals surface area contributed by atoms with Crippen LogP contribution in [0.2, 0.25) is 0 Å². The second-order valence-electron chi connectivity index (χ2n) is 5.47. The first-order chi connectivity index (χ1) is 11.0. The van der Waals surface area contributed by atoms with Gasteiger partial charge in [-0.05, 0) is 43.6 Å². The van der Waals surface area contributed by atoms with Crippen LogP contribution >= 0.6 is 23.3 Å². The number of anilines is 1. The van der Waals surface area contributed by atoms with Gasteiger partial charge >= 0.3 is 0 Å². The van der Waals surface area contributed by atoms with Crippen LogP contribution in [0.1, 0.15) is 20.9 Å². The van der Waals surface area contributed by atoms with Gasteiger partial charge in [-0.3, -0.25) is 9.59 Å². The van der Waals surface area contributed by atoms with Crippen molar-refractivity contribution in [1.82, 2.24) is 9.27 Å². The first-order valence-corrected chi connectivity index (χ1v) is 9.17. The van der Waals surface area contributed by atoms with Gasteiger partial charge in [0.2, 0.25) is 5.91 Å². The highest BCUT2D eigenvalue weighted by Crippen LogP contribution is 2.25. The number of carbonyl (C=O) groups excluding carboxylic acids is 2. The van der Waals surface area contributed by atoms with Crippen LogP contribution in [0.25, 0.3) is 0 Å². The summed E-state index contributed by atoms with van der Waals surface area (Å²) in [5.74, 6) is 0.788. The van der Waals surface area contributed by atoms with Crippen molar-refractivity contribution in [2.24, 2.45) is 0 Å². The van der Waals surface area contributed by atoms with Gasteiger partial charge in [0.05, 0.1) is 5.88 Å². The summed E-state index contributed by atoms with van der Waals surface area (Å²) in [6, 6.07) is 8.93. The van der Waals surface area contributed by atoms with Gasteiger partial charge < -0.3 is 10.2 Å². The Labute approximate surface area is 143 Å². The molecule has 1 aromatic carbocycles. The molecule has 1 N–H and O–H groups in total. The number of thioether (sulfide) groups is 1. The highest BCUT2D eigenvalue weighted by molar-refractivity contribution is 7.99. The van der Waals surface area contributed by atoms with E-state index in [0.29, 0.717) is 17.3 Å². The van der Waals surface area contributed by atoms with Gasteiger partial charge in [-0.25, -0.2) is 0 Å². The molecule has 1 aliphatic rings. The fourth-order valence-corrected chi connectivity index (χ4v) is 4.03. The van der Waals surface area contributed by atoms with Gasteiger partial charge in [-0.1, -0.05) is 17.7 Å². The Morgan fingerprint density at radius 1 is 1.26 bits per heavy atom. The van der Waals surface area contributed by atoms with Crippen molar-refractivity contribution in [1.29, 1.82) is 0 Å². The molecule has 120 valence electrons. The summed E-state index contributed by atoms with van der Waals surface area (Å²) >= 11 is 2.88. The Balaban J connectivity index is 1.71. The maximum atomic E-state index is 12.5. The molecule has 0 saturated carbocycles. The zero-order valence-corrected chi connectivity index (χ0v) is 14.5. The average molecular weight is 347 g/mol. The van der Waals surface area contributed by atoms with Gasteiger partial charge in [0, 0.05) is 16.3 Å². The molecule has 7 heteroatoms. The van der Waals surface area contributed by atoms with Crippen molar-refractivity contribution in [3.63, 3.8) is 0 Å². The zero-order chi connectivity index (χ0) is 16.4. The lowest BCUT2D eigenvalue weighted by Crippen LogP contribution is -2.44. The van der Waals surface area contributed by atoms with Crippen molar-refractivity contribution in [2.45, 2.75) is 19.9 Å². The summed E-state index contributed by atoms with van der Waals surface area (Å²) < 4.78 is 4.16. The molecule has 23 heavy (non-hydrogen) atoms. The lowest BCUT2D eigenvalue weighted by molar-refractivity contribution is -0.119. The largest absolute Gasteiger partial charge is 0.324 e. The lowest BCUT2D eigenvalue weighted by Gasteiger charge is -2.22. The van der Waals surface area contributed by atoms with Crippen LogP contribution in [0.5, 0.6) is 0 Å². The smallest absolute Gasteiger partial charge is 0.274 e. The number of benzene rings is 1. The molecule has 0 bridgehead atoms. The molecule has 1 fully saturated rings. The predicted octanol–water partition coefficient (Wildman–Crippen LogP) is 2.91. The average Bonchev–Trinajstić information content (AvgIpc) is 3.17. The third-order valence-corrected chi connectivity index (χ3v) is 5.32. The summed E-state index contributed by atoms with van der Waals surface area (Å²) in [6.45, 7) is 3.91. The van der Waals surface area contributed by atoms with E-state index in [-0.39, 0.29) is 11.8 Å². The molecule has 1 unspecified atom stereocenters. The Morgan fingerprint density at radius 2 is 2.00 bits per heavy atom. The summed E-state index contributed by atoms with van der Waals surface area (Å²) in [7, 11) is 0.